The van der Waals surface area contributed by atoms with Gasteiger partial charge in [0.1, 0.15) is 6.04 Å². The van der Waals surface area contributed by atoms with E-state index in [1.807, 2.05) is 36.2 Å². The van der Waals surface area contributed by atoms with E-state index in [9.17, 15) is 4.79 Å². The van der Waals surface area contributed by atoms with Crippen molar-refractivity contribution in [3.63, 3.8) is 0 Å². The third-order valence-electron chi connectivity index (χ3n) is 3.08. The first kappa shape index (κ1) is 11.1. The molecule has 1 unspecified atom stereocenters. The second-order valence-electron chi connectivity index (χ2n) is 4.12. The zero-order chi connectivity index (χ0) is 11.5. The minimum absolute atomic E-state index is 0.159. The minimum atomic E-state index is -0.159. The van der Waals surface area contributed by atoms with E-state index in [-0.39, 0.29) is 11.9 Å². The largest absolute Gasteiger partial charge is 0.310 e. The van der Waals surface area contributed by atoms with Crippen molar-refractivity contribution in [3.05, 3.63) is 29.8 Å². The lowest BCUT2D eigenvalue weighted by atomic mass is 10.1. The van der Waals surface area contributed by atoms with Gasteiger partial charge >= 0.3 is 0 Å². The molecule has 1 aliphatic heterocycles. The number of nitrogens with one attached hydrogen (secondary N) is 1. The van der Waals surface area contributed by atoms with Gasteiger partial charge in [0.25, 0.3) is 0 Å². The van der Waals surface area contributed by atoms with E-state index in [2.05, 4.69) is 12.2 Å². The molecule has 0 aliphatic carbocycles. The molecule has 1 N–H and O–H groups in total. The second-order valence-corrected chi connectivity index (χ2v) is 4.12. The standard InChI is InChI=1S/C13H18N2O/c1-3-4-9-15-11-8-6-5-7-10(11)12(14-2)13(15)16/h5-8,12,14H,3-4,9H2,1-2H3. The molecular weight excluding hydrogens is 200 g/mol. The quantitative estimate of drug-likeness (QED) is 0.839. The van der Waals surface area contributed by atoms with E-state index in [1.54, 1.807) is 0 Å². The number of unbranched alkanes of at least 4 members (excludes halogenated alkanes) is 1. The molecule has 1 heterocycles. The maximum Gasteiger partial charge on any atom is 0.248 e. The van der Waals surface area contributed by atoms with E-state index in [1.165, 1.54) is 0 Å². The van der Waals surface area contributed by atoms with Crippen LogP contribution in [0.25, 0.3) is 0 Å². The van der Waals surface area contributed by atoms with Crippen LogP contribution in [0.5, 0.6) is 0 Å². The van der Waals surface area contributed by atoms with Gasteiger partial charge < -0.3 is 10.2 Å². The summed E-state index contributed by atoms with van der Waals surface area (Å²) in [4.78, 5) is 14.1. The van der Waals surface area contributed by atoms with Crippen LogP contribution >= 0.6 is 0 Å². The smallest absolute Gasteiger partial charge is 0.248 e. The van der Waals surface area contributed by atoms with Crippen LogP contribution in [0.2, 0.25) is 0 Å². The normalized spacial score (nSPS) is 19.0. The topological polar surface area (TPSA) is 32.3 Å². The maximum absolute atomic E-state index is 12.2. The molecular formula is C13H18N2O. The van der Waals surface area contributed by atoms with Gasteiger partial charge in [0.05, 0.1) is 0 Å². The molecule has 16 heavy (non-hydrogen) atoms. The van der Waals surface area contributed by atoms with Crippen molar-refractivity contribution in [2.75, 3.05) is 18.5 Å². The third kappa shape index (κ3) is 1.71. The molecule has 1 aromatic carbocycles. The predicted molar refractivity (Wildman–Crippen MR) is 65.5 cm³/mol. The molecule has 0 saturated carbocycles. The van der Waals surface area contributed by atoms with Crippen molar-refractivity contribution < 1.29 is 4.79 Å². The van der Waals surface area contributed by atoms with Crippen LogP contribution in [0.4, 0.5) is 5.69 Å². The van der Waals surface area contributed by atoms with E-state index >= 15 is 0 Å². The second kappa shape index (κ2) is 4.66. The van der Waals surface area contributed by atoms with Crippen LogP contribution in [0.1, 0.15) is 31.4 Å². The molecule has 3 heteroatoms. The van der Waals surface area contributed by atoms with Gasteiger partial charge in [-0.1, -0.05) is 31.5 Å². The van der Waals surface area contributed by atoms with Gasteiger partial charge in [-0.3, -0.25) is 4.79 Å². The minimum Gasteiger partial charge on any atom is -0.310 e. The van der Waals surface area contributed by atoms with E-state index in [0.717, 1.165) is 30.6 Å². The van der Waals surface area contributed by atoms with Crippen molar-refractivity contribution >= 4 is 11.6 Å². The zero-order valence-electron chi connectivity index (χ0n) is 9.86. The van der Waals surface area contributed by atoms with Crippen molar-refractivity contribution in [1.82, 2.24) is 5.32 Å². The van der Waals surface area contributed by atoms with Crippen molar-refractivity contribution in [2.45, 2.75) is 25.8 Å². The number of amides is 1. The van der Waals surface area contributed by atoms with Crippen LogP contribution < -0.4 is 10.2 Å². The predicted octanol–water partition coefficient (Wildman–Crippen LogP) is 2.09. The first-order valence-electron chi connectivity index (χ1n) is 5.87. The Hall–Kier alpha value is -1.35. The number of carbonyl (C=O) groups excluding carboxylic acids is 1. The Kier molecular flexibility index (Phi) is 3.25. The molecule has 0 fully saturated rings. The lowest BCUT2D eigenvalue weighted by Crippen LogP contribution is -2.33. The van der Waals surface area contributed by atoms with Crippen molar-refractivity contribution in [3.8, 4) is 0 Å². The number of anilines is 1. The Labute approximate surface area is 96.5 Å². The number of carbonyl (C=O) groups is 1. The summed E-state index contributed by atoms with van der Waals surface area (Å²) in [5.41, 5.74) is 2.17. The highest BCUT2D eigenvalue weighted by atomic mass is 16.2. The van der Waals surface area contributed by atoms with Crippen LogP contribution in [0.15, 0.2) is 24.3 Å². The van der Waals surface area contributed by atoms with Crippen molar-refractivity contribution in [2.24, 2.45) is 0 Å². The average Bonchev–Trinajstić information content (AvgIpc) is 2.58. The SMILES string of the molecule is CCCCN1C(=O)C(NC)c2ccccc21. The number of benzene rings is 1. The Morgan fingerprint density at radius 3 is 2.81 bits per heavy atom. The molecule has 1 atom stereocenters. The zero-order valence-corrected chi connectivity index (χ0v) is 9.86. The third-order valence-corrected chi connectivity index (χ3v) is 3.08. The molecule has 0 radical (unpaired) electrons. The molecule has 1 aromatic rings. The van der Waals surface area contributed by atoms with E-state index in [4.69, 9.17) is 0 Å². The average molecular weight is 218 g/mol. The highest BCUT2D eigenvalue weighted by Gasteiger charge is 2.35. The molecule has 1 amide bonds. The van der Waals surface area contributed by atoms with E-state index < -0.39 is 0 Å². The molecule has 0 spiro atoms. The molecule has 2 rings (SSSR count). The monoisotopic (exact) mass is 218 g/mol. The number of hydrogen-bond acceptors (Lipinski definition) is 2. The van der Waals surface area contributed by atoms with Crippen LogP contribution in [-0.4, -0.2) is 19.5 Å². The van der Waals surface area contributed by atoms with Gasteiger partial charge in [0.2, 0.25) is 5.91 Å². The summed E-state index contributed by atoms with van der Waals surface area (Å²) in [6, 6.07) is 7.87. The van der Waals surface area contributed by atoms with Gasteiger partial charge in [-0.25, -0.2) is 0 Å². The molecule has 0 bridgehead atoms. The van der Waals surface area contributed by atoms with E-state index in [0.29, 0.717) is 0 Å². The molecule has 3 nitrogen and oxygen atoms in total. The summed E-state index contributed by atoms with van der Waals surface area (Å²) in [5, 5.41) is 3.09. The first-order chi connectivity index (χ1) is 7.79. The summed E-state index contributed by atoms with van der Waals surface area (Å²) < 4.78 is 0. The van der Waals surface area contributed by atoms with Gasteiger partial charge in [0, 0.05) is 17.8 Å². The Bertz CT molecular complexity index is 389. The van der Waals surface area contributed by atoms with Crippen LogP contribution in [0, 0.1) is 0 Å². The van der Waals surface area contributed by atoms with Gasteiger partial charge in [-0.2, -0.15) is 0 Å². The summed E-state index contributed by atoms with van der Waals surface area (Å²) in [7, 11) is 1.84. The fourth-order valence-corrected chi connectivity index (χ4v) is 2.21. The summed E-state index contributed by atoms with van der Waals surface area (Å²) in [6.07, 6.45) is 2.16. The lowest BCUT2D eigenvalue weighted by molar-refractivity contribution is -0.119. The summed E-state index contributed by atoms with van der Waals surface area (Å²) in [6.45, 7) is 2.96. The number of hydrogen-bond donors (Lipinski definition) is 1. The van der Waals surface area contributed by atoms with Gasteiger partial charge in [-0.15, -0.1) is 0 Å². The Morgan fingerprint density at radius 1 is 1.38 bits per heavy atom. The van der Waals surface area contributed by atoms with Crippen LogP contribution in [-0.2, 0) is 4.79 Å². The fraction of sp³-hybridized carbons (Fsp3) is 0.462. The van der Waals surface area contributed by atoms with Gasteiger partial charge in [0.15, 0.2) is 0 Å². The lowest BCUT2D eigenvalue weighted by Gasteiger charge is -2.17. The van der Waals surface area contributed by atoms with Gasteiger partial charge in [-0.05, 0) is 19.5 Å². The highest BCUT2D eigenvalue weighted by molar-refractivity contribution is 6.04. The summed E-state index contributed by atoms with van der Waals surface area (Å²) >= 11 is 0. The number of fused-ring (bicyclic) bond motifs is 1. The number of likely N-dealkylation sites (N-methyl/N-ethyl adjacent to an activating group) is 1. The Morgan fingerprint density at radius 2 is 2.12 bits per heavy atom. The number of nitrogens with zero attached hydrogens (tertiary/aromatic N) is 1. The first-order valence-corrected chi connectivity index (χ1v) is 5.87. The fourth-order valence-electron chi connectivity index (χ4n) is 2.21. The Balaban J connectivity index is 2.31. The maximum atomic E-state index is 12.2. The van der Waals surface area contributed by atoms with Crippen LogP contribution in [0.3, 0.4) is 0 Å². The molecule has 86 valence electrons. The number of rotatable bonds is 4. The van der Waals surface area contributed by atoms with Crippen molar-refractivity contribution in [1.29, 1.82) is 0 Å². The highest BCUT2D eigenvalue weighted by Crippen LogP contribution is 2.35. The number of para-hydroxylation sites is 1. The summed E-state index contributed by atoms with van der Waals surface area (Å²) in [5.74, 6) is 0.178. The molecule has 0 saturated heterocycles. The molecule has 1 aliphatic rings. The molecule has 0 aromatic heterocycles.